The van der Waals surface area contributed by atoms with Gasteiger partial charge in [-0.3, -0.25) is 14.4 Å². The van der Waals surface area contributed by atoms with Gasteiger partial charge in [0.25, 0.3) is 0 Å². The molecule has 2 atom stereocenters. The number of ether oxygens (including phenoxy) is 1. The first-order chi connectivity index (χ1) is 12.6. The summed E-state index contributed by atoms with van der Waals surface area (Å²) in [6, 6.07) is -1.38. The monoisotopic (exact) mass is 386 g/mol. The summed E-state index contributed by atoms with van der Waals surface area (Å²) in [5.74, 6) is -0.565. The predicted molar refractivity (Wildman–Crippen MR) is 102 cm³/mol. The van der Waals surface area contributed by atoms with Gasteiger partial charge in [0.2, 0.25) is 17.7 Å². The third-order valence-electron chi connectivity index (χ3n) is 3.49. The quantitative estimate of drug-likeness (QED) is 0.567. The van der Waals surface area contributed by atoms with Gasteiger partial charge in [-0.2, -0.15) is 0 Å². The van der Waals surface area contributed by atoms with Crippen molar-refractivity contribution < 1.29 is 23.9 Å². The summed E-state index contributed by atoms with van der Waals surface area (Å²) in [5.41, 5.74) is 5.01. The molecule has 9 nitrogen and oxygen atoms in total. The van der Waals surface area contributed by atoms with E-state index in [1.807, 2.05) is 6.92 Å². The molecule has 9 heteroatoms. The molecule has 1 rings (SSSR count). The van der Waals surface area contributed by atoms with E-state index in [9.17, 15) is 19.2 Å². The molecule has 0 saturated carbocycles. The van der Waals surface area contributed by atoms with Crippen molar-refractivity contribution in [2.45, 2.75) is 66.0 Å². The van der Waals surface area contributed by atoms with Crippen LogP contribution in [0, 0.1) is 5.92 Å². The molecule has 0 aromatic carbocycles. The molecule has 0 aliphatic carbocycles. The van der Waals surface area contributed by atoms with Crippen molar-refractivity contribution >= 4 is 23.8 Å². The Hall–Kier alpha value is -2.32. The molecule has 4 N–H and O–H groups in total. The number of amides is 4. The summed E-state index contributed by atoms with van der Waals surface area (Å²) in [5, 5.41) is 4.91. The molecular weight excluding hydrogens is 352 g/mol. The van der Waals surface area contributed by atoms with Gasteiger partial charge in [0.1, 0.15) is 12.1 Å². The second kappa shape index (κ2) is 12.9. The predicted octanol–water partition coefficient (Wildman–Crippen LogP) is 0.766. The number of hydrogen-bond acceptors (Lipinski definition) is 5. The Morgan fingerprint density at radius 2 is 1.85 bits per heavy atom. The lowest BCUT2D eigenvalue weighted by Crippen LogP contribution is -2.51. The van der Waals surface area contributed by atoms with Crippen molar-refractivity contribution in [3.8, 4) is 0 Å². The fourth-order valence-electron chi connectivity index (χ4n) is 2.45. The van der Waals surface area contributed by atoms with Crippen molar-refractivity contribution in [1.29, 1.82) is 0 Å². The molecular formula is C18H34N4O5. The molecule has 1 heterocycles. The van der Waals surface area contributed by atoms with Crippen LogP contribution >= 0.6 is 0 Å². The van der Waals surface area contributed by atoms with Crippen molar-refractivity contribution in [1.82, 2.24) is 15.5 Å². The number of primary amides is 1. The van der Waals surface area contributed by atoms with E-state index in [1.165, 1.54) is 4.90 Å². The highest BCUT2D eigenvalue weighted by molar-refractivity contribution is 5.93. The molecule has 0 radical (unpaired) electrons. The number of likely N-dealkylation sites (tertiary alicyclic amines) is 1. The van der Waals surface area contributed by atoms with Crippen LogP contribution in [-0.2, 0) is 19.1 Å². The van der Waals surface area contributed by atoms with Crippen molar-refractivity contribution in [3.05, 3.63) is 0 Å². The second-order valence-electron chi connectivity index (χ2n) is 6.96. The highest BCUT2D eigenvalue weighted by atomic mass is 16.5. The molecule has 0 aromatic rings. The Bertz CT molecular complexity index is 507. The van der Waals surface area contributed by atoms with Crippen LogP contribution in [0.25, 0.3) is 0 Å². The highest BCUT2D eigenvalue weighted by Gasteiger charge is 2.39. The van der Waals surface area contributed by atoms with E-state index in [0.29, 0.717) is 25.8 Å². The average Bonchev–Trinajstić information content (AvgIpc) is 2.90. The Balaban J connectivity index is 0.00000153. The summed E-state index contributed by atoms with van der Waals surface area (Å²) in [6.45, 7) is 10.4. The van der Waals surface area contributed by atoms with E-state index in [2.05, 4.69) is 31.4 Å². The largest absolute Gasteiger partial charge is 0.450 e. The van der Waals surface area contributed by atoms with Crippen LogP contribution in [0.1, 0.15) is 53.9 Å². The van der Waals surface area contributed by atoms with Gasteiger partial charge in [0.05, 0.1) is 13.2 Å². The minimum absolute atomic E-state index is 0.213. The summed E-state index contributed by atoms with van der Waals surface area (Å²) in [6.07, 6.45) is 0.899. The van der Waals surface area contributed by atoms with Crippen LogP contribution in [0.2, 0.25) is 0 Å². The van der Waals surface area contributed by atoms with Crippen LogP contribution in [0.15, 0.2) is 0 Å². The van der Waals surface area contributed by atoms with Gasteiger partial charge in [-0.1, -0.05) is 34.1 Å². The van der Waals surface area contributed by atoms with Gasteiger partial charge in [0, 0.05) is 6.54 Å². The standard InChI is InChI=1S/C14H24N4O5.C4H10/c1-3-5-10(12(20)16-8-11(15)19)18-7-6-9(13(18)21)17-14(22)23-4-2;1-4(2)3/h9-10H,3-8H2,1-2H3,(H2,15,19)(H,16,20)(H,17,22);4H,1-3H3/t9-,10+;/m1./s1. The summed E-state index contributed by atoms with van der Waals surface area (Å²) in [7, 11) is 0. The Morgan fingerprint density at radius 1 is 1.26 bits per heavy atom. The lowest BCUT2D eigenvalue weighted by atomic mass is 10.1. The maximum atomic E-state index is 12.4. The van der Waals surface area contributed by atoms with Crippen molar-refractivity contribution in [2.24, 2.45) is 11.7 Å². The molecule has 1 fully saturated rings. The molecule has 27 heavy (non-hydrogen) atoms. The van der Waals surface area contributed by atoms with E-state index < -0.39 is 30.0 Å². The fraction of sp³-hybridized carbons (Fsp3) is 0.778. The van der Waals surface area contributed by atoms with Crippen LogP contribution in [0.5, 0.6) is 0 Å². The van der Waals surface area contributed by atoms with E-state index in [-0.39, 0.29) is 19.1 Å². The first-order valence-corrected chi connectivity index (χ1v) is 9.43. The zero-order chi connectivity index (χ0) is 21.0. The first-order valence-electron chi connectivity index (χ1n) is 9.43. The van der Waals surface area contributed by atoms with Crippen LogP contribution in [0.3, 0.4) is 0 Å². The van der Waals surface area contributed by atoms with Gasteiger partial charge in [-0.25, -0.2) is 4.79 Å². The van der Waals surface area contributed by atoms with Crippen molar-refractivity contribution in [2.75, 3.05) is 19.7 Å². The lowest BCUT2D eigenvalue weighted by Gasteiger charge is -2.27. The normalized spacial score (nSPS) is 17.0. The molecule has 0 unspecified atom stereocenters. The SMILES string of the molecule is CC(C)C.CCC[C@@H](C(=O)NCC(N)=O)N1CC[C@@H](NC(=O)OCC)C1=O. The van der Waals surface area contributed by atoms with Gasteiger partial charge < -0.3 is 26.0 Å². The summed E-state index contributed by atoms with van der Waals surface area (Å²) >= 11 is 0. The third kappa shape index (κ3) is 9.81. The summed E-state index contributed by atoms with van der Waals surface area (Å²) in [4.78, 5) is 48.2. The summed E-state index contributed by atoms with van der Waals surface area (Å²) < 4.78 is 4.76. The maximum absolute atomic E-state index is 12.4. The molecule has 156 valence electrons. The minimum atomic E-state index is -0.697. The molecule has 1 aliphatic rings. The first kappa shape index (κ1) is 24.7. The van der Waals surface area contributed by atoms with Crippen LogP contribution < -0.4 is 16.4 Å². The smallest absolute Gasteiger partial charge is 0.407 e. The second-order valence-corrected chi connectivity index (χ2v) is 6.96. The lowest BCUT2D eigenvalue weighted by molar-refractivity contribution is -0.138. The van der Waals surface area contributed by atoms with Crippen LogP contribution in [0.4, 0.5) is 4.79 Å². The number of rotatable bonds is 8. The Labute approximate surface area is 161 Å². The molecule has 4 amide bonds. The minimum Gasteiger partial charge on any atom is -0.450 e. The topological polar surface area (TPSA) is 131 Å². The number of alkyl carbamates (subject to hydrolysis) is 1. The fourth-order valence-corrected chi connectivity index (χ4v) is 2.45. The number of carbonyl (C=O) groups excluding carboxylic acids is 4. The number of nitrogens with two attached hydrogens (primary N) is 1. The van der Waals surface area contributed by atoms with Gasteiger partial charge >= 0.3 is 6.09 Å². The number of hydrogen-bond donors (Lipinski definition) is 3. The third-order valence-corrected chi connectivity index (χ3v) is 3.49. The van der Waals surface area contributed by atoms with Gasteiger partial charge in [-0.15, -0.1) is 0 Å². The molecule has 0 spiro atoms. The molecule has 1 saturated heterocycles. The molecule has 0 bridgehead atoms. The maximum Gasteiger partial charge on any atom is 0.407 e. The zero-order valence-corrected chi connectivity index (χ0v) is 17.0. The van der Waals surface area contributed by atoms with E-state index >= 15 is 0 Å². The average molecular weight is 386 g/mol. The van der Waals surface area contributed by atoms with Crippen LogP contribution in [-0.4, -0.2) is 60.5 Å². The van der Waals surface area contributed by atoms with E-state index in [0.717, 1.165) is 5.92 Å². The Morgan fingerprint density at radius 3 is 2.33 bits per heavy atom. The zero-order valence-electron chi connectivity index (χ0n) is 17.0. The van der Waals surface area contributed by atoms with Gasteiger partial charge in [0.15, 0.2) is 0 Å². The van der Waals surface area contributed by atoms with E-state index in [1.54, 1.807) is 6.92 Å². The Kier molecular flexibility index (Phi) is 11.8. The molecule has 1 aliphatic heterocycles. The van der Waals surface area contributed by atoms with Crippen molar-refractivity contribution in [3.63, 3.8) is 0 Å². The van der Waals surface area contributed by atoms with Gasteiger partial charge in [-0.05, 0) is 25.7 Å². The van der Waals surface area contributed by atoms with E-state index in [4.69, 9.17) is 10.5 Å². The number of nitrogens with one attached hydrogen (secondary N) is 2. The molecule has 0 aromatic heterocycles. The highest BCUT2D eigenvalue weighted by Crippen LogP contribution is 2.18. The number of carbonyl (C=O) groups is 4. The number of nitrogens with zero attached hydrogens (tertiary/aromatic N) is 1.